The highest BCUT2D eigenvalue weighted by Gasteiger charge is 2.45. The number of piperazine rings is 1. The van der Waals surface area contributed by atoms with Crippen molar-refractivity contribution in [3.8, 4) is 0 Å². The van der Waals surface area contributed by atoms with Gasteiger partial charge in [-0.1, -0.05) is 6.42 Å². The maximum Gasteiger partial charge on any atom is 0.132 e. The van der Waals surface area contributed by atoms with E-state index in [4.69, 9.17) is 0 Å². The summed E-state index contributed by atoms with van der Waals surface area (Å²) in [4.78, 5) is 23.0. The zero-order chi connectivity index (χ0) is 17.0. The summed E-state index contributed by atoms with van der Waals surface area (Å²) in [5, 5.41) is 0. The van der Waals surface area contributed by atoms with Crippen molar-refractivity contribution < 1.29 is 0 Å². The third kappa shape index (κ3) is 2.55. The highest BCUT2D eigenvalue weighted by atomic mass is 15.4. The first-order valence-electron chi connectivity index (χ1n) is 9.35. The summed E-state index contributed by atoms with van der Waals surface area (Å²) in [5.41, 5.74) is 2.28. The van der Waals surface area contributed by atoms with Gasteiger partial charge >= 0.3 is 0 Å². The topological polar surface area (TPSA) is 58.0 Å². The van der Waals surface area contributed by atoms with Gasteiger partial charge in [-0.25, -0.2) is 19.9 Å². The van der Waals surface area contributed by atoms with E-state index in [-0.39, 0.29) is 0 Å². The highest BCUT2D eigenvalue weighted by molar-refractivity contribution is 5.52. The molecule has 1 saturated carbocycles. The Labute approximate surface area is 148 Å². The Morgan fingerprint density at radius 2 is 1.76 bits per heavy atom. The molecule has 5 heterocycles. The number of hydrogen-bond donors (Lipinski definition) is 0. The number of hydrogen-bond acceptors (Lipinski definition) is 6. The Morgan fingerprint density at radius 1 is 0.960 bits per heavy atom. The Morgan fingerprint density at radius 3 is 2.44 bits per heavy atom. The molecule has 25 heavy (non-hydrogen) atoms. The summed E-state index contributed by atoms with van der Waals surface area (Å²) in [7, 11) is 0. The van der Waals surface area contributed by atoms with Gasteiger partial charge in [0, 0.05) is 42.5 Å². The molecule has 3 aliphatic heterocycles. The van der Waals surface area contributed by atoms with Crippen LogP contribution < -0.4 is 9.80 Å². The summed E-state index contributed by atoms with van der Waals surface area (Å²) in [6.07, 6.45) is 6.91. The Bertz CT molecular complexity index is 770. The molecule has 3 saturated heterocycles. The second-order valence-electron chi connectivity index (χ2n) is 7.70. The van der Waals surface area contributed by atoms with E-state index in [9.17, 15) is 0 Å². The molecule has 4 aliphatic rings. The fourth-order valence-electron chi connectivity index (χ4n) is 4.46. The molecule has 1 aliphatic carbocycles. The Balaban J connectivity index is 1.35. The predicted octanol–water partition coefficient (Wildman–Crippen LogP) is 2.62. The Kier molecular flexibility index (Phi) is 3.40. The average molecular weight is 336 g/mol. The third-order valence-electron chi connectivity index (χ3n) is 5.93. The monoisotopic (exact) mass is 336 g/mol. The highest BCUT2D eigenvalue weighted by Crippen LogP contribution is 2.40. The third-order valence-corrected chi connectivity index (χ3v) is 5.93. The molecule has 0 aromatic carbocycles. The fourth-order valence-corrected chi connectivity index (χ4v) is 4.46. The summed E-state index contributed by atoms with van der Waals surface area (Å²) in [5.74, 6) is 3.70. The number of nitrogens with zero attached hydrogens (tertiary/aromatic N) is 6. The van der Waals surface area contributed by atoms with Crippen molar-refractivity contribution in [3.05, 3.63) is 35.7 Å². The molecule has 4 fully saturated rings. The zero-order valence-electron chi connectivity index (χ0n) is 14.9. The van der Waals surface area contributed by atoms with E-state index in [1.54, 1.807) is 6.33 Å². The first-order chi connectivity index (χ1) is 12.2. The van der Waals surface area contributed by atoms with Crippen molar-refractivity contribution in [2.45, 2.75) is 57.5 Å². The molecular formula is C19H24N6. The van der Waals surface area contributed by atoms with E-state index >= 15 is 0 Å². The summed E-state index contributed by atoms with van der Waals surface area (Å²) in [6.45, 7) is 6.03. The maximum atomic E-state index is 4.64. The van der Waals surface area contributed by atoms with Crippen LogP contribution in [0, 0.1) is 13.8 Å². The molecule has 6 nitrogen and oxygen atoms in total. The number of aromatic nitrogens is 4. The molecule has 0 radical (unpaired) electrons. The lowest BCUT2D eigenvalue weighted by atomic mass is 9.82. The van der Waals surface area contributed by atoms with Crippen molar-refractivity contribution >= 4 is 11.6 Å². The minimum atomic E-state index is 0.526. The molecule has 2 unspecified atom stereocenters. The molecule has 130 valence electrons. The molecule has 0 N–H and O–H groups in total. The number of aryl methyl sites for hydroxylation is 2. The van der Waals surface area contributed by atoms with E-state index < -0.39 is 0 Å². The first-order valence-corrected chi connectivity index (χ1v) is 9.35. The van der Waals surface area contributed by atoms with Gasteiger partial charge in [0.1, 0.15) is 23.8 Å². The quantitative estimate of drug-likeness (QED) is 0.859. The molecular weight excluding hydrogens is 312 g/mol. The molecule has 2 aromatic heterocycles. The van der Waals surface area contributed by atoms with E-state index in [0.29, 0.717) is 18.0 Å². The van der Waals surface area contributed by atoms with Gasteiger partial charge < -0.3 is 9.80 Å². The van der Waals surface area contributed by atoms with Gasteiger partial charge in [0.2, 0.25) is 0 Å². The van der Waals surface area contributed by atoms with E-state index in [1.807, 2.05) is 13.8 Å². The van der Waals surface area contributed by atoms with Gasteiger partial charge in [-0.3, -0.25) is 0 Å². The summed E-state index contributed by atoms with van der Waals surface area (Å²) >= 11 is 0. The van der Waals surface area contributed by atoms with Gasteiger partial charge in [0.05, 0.1) is 12.1 Å². The van der Waals surface area contributed by atoms with Crippen molar-refractivity contribution in [1.29, 1.82) is 0 Å². The van der Waals surface area contributed by atoms with Gasteiger partial charge in [-0.2, -0.15) is 0 Å². The molecule has 2 aromatic rings. The van der Waals surface area contributed by atoms with Crippen molar-refractivity contribution in [1.82, 2.24) is 19.9 Å². The molecule has 2 bridgehead atoms. The van der Waals surface area contributed by atoms with Crippen LogP contribution in [0.25, 0.3) is 0 Å². The van der Waals surface area contributed by atoms with Crippen molar-refractivity contribution in [3.63, 3.8) is 0 Å². The minimum Gasteiger partial charge on any atom is -0.352 e. The zero-order valence-corrected chi connectivity index (χ0v) is 14.9. The molecule has 2 atom stereocenters. The van der Waals surface area contributed by atoms with Crippen LogP contribution in [0.2, 0.25) is 0 Å². The summed E-state index contributed by atoms with van der Waals surface area (Å²) in [6, 6.07) is 5.39. The van der Waals surface area contributed by atoms with Crippen LogP contribution in [-0.4, -0.2) is 45.1 Å². The van der Waals surface area contributed by atoms with Crippen molar-refractivity contribution in [2.24, 2.45) is 0 Å². The number of fused-ring (bicyclic) bond motifs is 2. The lowest BCUT2D eigenvalue weighted by Crippen LogP contribution is -2.69. The van der Waals surface area contributed by atoms with Crippen LogP contribution in [0.5, 0.6) is 0 Å². The van der Waals surface area contributed by atoms with E-state index in [0.717, 1.165) is 36.2 Å². The first kappa shape index (κ1) is 15.0. The standard InChI is InChI=1S/C19H24N6/c1-12-6-19(23-13(2)22-12)24-9-15-7-16(10-24)25(15)18-8-17(20-11-21-18)14-4-3-5-14/h6,8,11,14-16H,3-5,7,9-10H2,1-2H3. The second kappa shape index (κ2) is 5.64. The van der Waals surface area contributed by atoms with Crippen LogP contribution >= 0.6 is 0 Å². The van der Waals surface area contributed by atoms with Gasteiger partial charge in [0.25, 0.3) is 0 Å². The predicted molar refractivity (Wildman–Crippen MR) is 97.0 cm³/mol. The van der Waals surface area contributed by atoms with Gasteiger partial charge in [-0.05, 0) is 33.1 Å². The number of anilines is 2. The van der Waals surface area contributed by atoms with Crippen LogP contribution in [0.4, 0.5) is 11.6 Å². The van der Waals surface area contributed by atoms with Crippen LogP contribution in [0.1, 0.15) is 48.8 Å². The van der Waals surface area contributed by atoms with Crippen molar-refractivity contribution in [2.75, 3.05) is 22.9 Å². The smallest absolute Gasteiger partial charge is 0.132 e. The van der Waals surface area contributed by atoms with Gasteiger partial charge in [-0.15, -0.1) is 0 Å². The number of rotatable bonds is 3. The van der Waals surface area contributed by atoms with E-state index in [2.05, 4.69) is 41.9 Å². The SMILES string of the molecule is Cc1cc(N2CC3CC(C2)N3c2cc(C3CCC3)ncn2)nc(C)n1. The Hall–Kier alpha value is -2.24. The largest absolute Gasteiger partial charge is 0.352 e. The molecule has 0 spiro atoms. The second-order valence-corrected chi connectivity index (χ2v) is 7.70. The van der Waals surface area contributed by atoms with Gasteiger partial charge in [0.15, 0.2) is 0 Å². The van der Waals surface area contributed by atoms with E-state index in [1.165, 1.54) is 31.4 Å². The summed E-state index contributed by atoms with van der Waals surface area (Å²) < 4.78 is 0. The normalized spacial score (nSPS) is 25.5. The van der Waals surface area contributed by atoms with Crippen LogP contribution in [0.15, 0.2) is 18.5 Å². The maximum absolute atomic E-state index is 4.64. The fraction of sp³-hybridized carbons (Fsp3) is 0.579. The average Bonchev–Trinajstić information content (AvgIpc) is 2.53. The minimum absolute atomic E-state index is 0.526. The molecule has 6 heteroatoms. The number of piperidine rings is 1. The lowest BCUT2D eigenvalue weighted by Gasteiger charge is -2.57. The van der Waals surface area contributed by atoms with Crippen LogP contribution in [0.3, 0.4) is 0 Å². The lowest BCUT2D eigenvalue weighted by molar-refractivity contribution is 0.287. The molecule has 0 amide bonds. The van der Waals surface area contributed by atoms with Crippen LogP contribution in [-0.2, 0) is 0 Å². The molecule has 6 rings (SSSR count).